The number of hydrogen-bond donors (Lipinski definition) is 3. The number of unbranched alkanes of at least 4 members (excludes halogenated alkanes) is 40. The maximum absolute atomic E-state index is 13.1. The Labute approximate surface area is 594 Å². The molecule has 6 atom stereocenters. The summed E-state index contributed by atoms with van der Waals surface area (Å²) >= 11 is 0. The third-order valence-electron chi connectivity index (χ3n) is 18.4. The van der Waals surface area contributed by atoms with Crippen LogP contribution in [0.3, 0.4) is 0 Å². The highest BCUT2D eigenvalue weighted by Crippen LogP contribution is 2.45. The van der Waals surface area contributed by atoms with E-state index in [1.54, 1.807) is 0 Å². The molecule has 0 aromatic rings. The number of esters is 4. The zero-order valence-corrected chi connectivity index (χ0v) is 65.5. The number of carbonyl (C=O) groups excluding carboxylic acids is 4. The molecule has 0 aliphatic heterocycles. The van der Waals surface area contributed by atoms with Gasteiger partial charge in [-0.3, -0.25) is 37.3 Å². The van der Waals surface area contributed by atoms with Gasteiger partial charge >= 0.3 is 39.5 Å². The molecular weight excluding hydrogens is 1270 g/mol. The second-order valence-electron chi connectivity index (χ2n) is 29.8. The van der Waals surface area contributed by atoms with Crippen LogP contribution in [-0.2, 0) is 65.4 Å². The summed E-state index contributed by atoms with van der Waals surface area (Å²) in [4.78, 5) is 72.8. The first-order valence-corrected chi connectivity index (χ1v) is 43.2. The molecule has 0 amide bonds. The Kier molecular flexibility index (Phi) is 65.9. The van der Waals surface area contributed by atoms with Gasteiger partial charge in [-0.2, -0.15) is 0 Å². The average molecular weight is 1420 g/mol. The van der Waals surface area contributed by atoms with Crippen LogP contribution in [0.25, 0.3) is 0 Å². The largest absolute Gasteiger partial charge is 0.472 e. The smallest absolute Gasteiger partial charge is 0.462 e. The van der Waals surface area contributed by atoms with Crippen molar-refractivity contribution < 1.29 is 80.2 Å². The normalized spacial score (nSPS) is 14.4. The highest BCUT2D eigenvalue weighted by atomic mass is 31.2. The lowest BCUT2D eigenvalue weighted by atomic mass is 10.00. The lowest BCUT2D eigenvalue weighted by Gasteiger charge is -2.21. The molecule has 0 saturated carbocycles. The van der Waals surface area contributed by atoms with Crippen LogP contribution >= 0.6 is 15.6 Å². The summed E-state index contributed by atoms with van der Waals surface area (Å²) in [7, 11) is -9.92. The van der Waals surface area contributed by atoms with Crippen LogP contribution < -0.4 is 0 Å². The lowest BCUT2D eigenvalue weighted by Crippen LogP contribution is -2.30. The van der Waals surface area contributed by atoms with Crippen molar-refractivity contribution in [2.24, 2.45) is 23.7 Å². The van der Waals surface area contributed by atoms with E-state index < -0.39 is 97.5 Å². The van der Waals surface area contributed by atoms with Crippen molar-refractivity contribution in [2.45, 2.75) is 414 Å². The molecule has 0 aromatic carbocycles. The highest BCUT2D eigenvalue weighted by Gasteiger charge is 2.30. The summed E-state index contributed by atoms with van der Waals surface area (Å²) in [5.74, 6) is 0.922. The summed E-state index contributed by atoms with van der Waals surface area (Å²) in [6.45, 7) is 14.2. The van der Waals surface area contributed by atoms with Crippen LogP contribution in [0.1, 0.15) is 396 Å². The SMILES string of the molecule is CCC(C)CCCCCCCCC(=O)OC[C@H](COP(=O)(O)OCC(O)COP(=O)(O)OC[C@@H](COC(=O)CCCCCCCCCC(C)C)OC(=O)CCCCCCCCCCCCCCCC(C)C)OC(=O)CCCCCCCCCCCCCCCCCCCCC(C)C. The molecule has 0 rings (SSSR count). The van der Waals surface area contributed by atoms with E-state index >= 15 is 0 Å². The molecule has 0 aliphatic carbocycles. The van der Waals surface area contributed by atoms with Gasteiger partial charge in [-0.1, -0.05) is 344 Å². The van der Waals surface area contributed by atoms with Crippen molar-refractivity contribution in [1.82, 2.24) is 0 Å². The topological polar surface area (TPSA) is 237 Å². The van der Waals surface area contributed by atoms with Crippen molar-refractivity contribution >= 4 is 39.5 Å². The molecule has 0 aromatic heterocycles. The first kappa shape index (κ1) is 95.1. The third kappa shape index (κ3) is 70.9. The minimum atomic E-state index is -4.96. The van der Waals surface area contributed by atoms with E-state index in [0.29, 0.717) is 31.6 Å². The molecule has 19 heteroatoms. The molecule has 576 valence electrons. The van der Waals surface area contributed by atoms with Crippen LogP contribution in [0.4, 0.5) is 0 Å². The Morgan fingerprint density at radius 1 is 0.289 bits per heavy atom. The van der Waals surface area contributed by atoms with Crippen LogP contribution in [0.2, 0.25) is 0 Å². The summed E-state index contributed by atoms with van der Waals surface area (Å²) in [5, 5.41) is 10.6. The van der Waals surface area contributed by atoms with Gasteiger partial charge in [0.2, 0.25) is 0 Å². The molecule has 0 saturated heterocycles. The first-order valence-electron chi connectivity index (χ1n) is 40.2. The van der Waals surface area contributed by atoms with Crippen LogP contribution in [-0.4, -0.2) is 96.7 Å². The number of aliphatic hydroxyl groups excluding tert-OH is 1. The second-order valence-corrected chi connectivity index (χ2v) is 32.7. The fourth-order valence-corrected chi connectivity index (χ4v) is 13.5. The van der Waals surface area contributed by atoms with E-state index in [2.05, 4.69) is 55.4 Å². The summed E-state index contributed by atoms with van der Waals surface area (Å²) in [6, 6.07) is 0. The van der Waals surface area contributed by atoms with E-state index in [-0.39, 0.29) is 25.7 Å². The number of ether oxygens (including phenoxy) is 4. The zero-order valence-electron chi connectivity index (χ0n) is 63.7. The predicted molar refractivity (Wildman–Crippen MR) is 395 cm³/mol. The molecule has 0 aliphatic rings. The van der Waals surface area contributed by atoms with Crippen molar-refractivity contribution in [1.29, 1.82) is 0 Å². The molecule has 0 bridgehead atoms. The van der Waals surface area contributed by atoms with Crippen LogP contribution in [0, 0.1) is 23.7 Å². The van der Waals surface area contributed by atoms with Gasteiger partial charge < -0.3 is 33.8 Å². The Balaban J connectivity index is 5.18. The quantitative estimate of drug-likeness (QED) is 0.0222. The number of phosphoric ester groups is 2. The van der Waals surface area contributed by atoms with Crippen molar-refractivity contribution in [2.75, 3.05) is 39.6 Å². The Bertz CT molecular complexity index is 1900. The van der Waals surface area contributed by atoms with Crippen molar-refractivity contribution in [3.05, 3.63) is 0 Å². The zero-order chi connectivity index (χ0) is 71.7. The maximum atomic E-state index is 13.1. The van der Waals surface area contributed by atoms with Gasteiger partial charge in [-0.15, -0.1) is 0 Å². The Morgan fingerprint density at radius 3 is 0.732 bits per heavy atom. The van der Waals surface area contributed by atoms with E-state index in [4.69, 9.17) is 37.0 Å². The molecular formula is C78H152O17P2. The fraction of sp³-hybridized carbons (Fsp3) is 0.949. The molecule has 4 unspecified atom stereocenters. The van der Waals surface area contributed by atoms with Gasteiger partial charge in [0.1, 0.15) is 19.3 Å². The standard InChI is InChI=1S/C78H152O17P2/c1-9-71(8)57-49-41-36-37-43-51-59-76(81)89-65-74(95-78(83)60-52-44-33-27-23-19-15-13-11-10-12-14-17-21-25-30-38-46-54-68(2)3)67-93-97(86,87)91-63-72(79)62-90-96(84,85)92-66-73(64-88-75(80)58-50-42-35-29-32-40-48-56-70(6)7)94-77(82)61-53-45-34-28-24-20-16-18-22-26-31-39-47-55-69(4)5/h68-74,79H,9-67H2,1-8H3,(H,84,85)(H,86,87)/t71?,72?,73-,74-/m1/s1. The summed E-state index contributed by atoms with van der Waals surface area (Å²) < 4.78 is 68.5. The summed E-state index contributed by atoms with van der Waals surface area (Å²) in [5.41, 5.74) is 0. The monoisotopic (exact) mass is 1420 g/mol. The van der Waals surface area contributed by atoms with Gasteiger partial charge in [-0.25, -0.2) is 9.13 Å². The molecule has 3 N–H and O–H groups in total. The first-order chi connectivity index (χ1) is 46.6. The molecule has 17 nitrogen and oxygen atoms in total. The minimum absolute atomic E-state index is 0.106. The Hall–Kier alpha value is -1.94. The van der Waals surface area contributed by atoms with E-state index in [9.17, 15) is 43.2 Å². The van der Waals surface area contributed by atoms with E-state index in [1.165, 1.54) is 186 Å². The van der Waals surface area contributed by atoms with Crippen molar-refractivity contribution in [3.63, 3.8) is 0 Å². The van der Waals surface area contributed by atoms with E-state index in [1.807, 2.05) is 0 Å². The van der Waals surface area contributed by atoms with Gasteiger partial charge in [0.15, 0.2) is 12.2 Å². The van der Waals surface area contributed by atoms with Crippen LogP contribution in [0.5, 0.6) is 0 Å². The molecule has 0 spiro atoms. The molecule has 97 heavy (non-hydrogen) atoms. The minimum Gasteiger partial charge on any atom is -0.462 e. The van der Waals surface area contributed by atoms with Crippen molar-refractivity contribution in [3.8, 4) is 0 Å². The highest BCUT2D eigenvalue weighted by molar-refractivity contribution is 7.47. The number of rotatable bonds is 75. The van der Waals surface area contributed by atoms with Crippen LogP contribution in [0.15, 0.2) is 0 Å². The number of hydrogen-bond acceptors (Lipinski definition) is 15. The molecule has 0 radical (unpaired) electrons. The predicted octanol–water partition coefficient (Wildman–Crippen LogP) is 22.8. The number of aliphatic hydroxyl groups is 1. The van der Waals surface area contributed by atoms with Gasteiger partial charge in [0.05, 0.1) is 26.4 Å². The molecule has 0 heterocycles. The number of phosphoric acid groups is 2. The third-order valence-corrected chi connectivity index (χ3v) is 20.3. The Morgan fingerprint density at radius 2 is 0.495 bits per heavy atom. The fourth-order valence-electron chi connectivity index (χ4n) is 11.9. The average Bonchev–Trinajstić information content (AvgIpc) is 1.19. The van der Waals surface area contributed by atoms with Gasteiger partial charge in [0.25, 0.3) is 0 Å². The molecule has 0 fully saturated rings. The number of carbonyl (C=O) groups is 4. The van der Waals surface area contributed by atoms with Gasteiger partial charge in [-0.05, 0) is 49.4 Å². The lowest BCUT2D eigenvalue weighted by molar-refractivity contribution is -0.161. The van der Waals surface area contributed by atoms with Gasteiger partial charge in [0, 0.05) is 25.7 Å². The summed E-state index contributed by atoms with van der Waals surface area (Å²) in [6.07, 6.45) is 52.9. The van der Waals surface area contributed by atoms with E-state index in [0.717, 1.165) is 120 Å². The second kappa shape index (κ2) is 67.2. The maximum Gasteiger partial charge on any atom is 0.472 e.